The topological polar surface area (TPSA) is 0 Å². The van der Waals surface area contributed by atoms with Gasteiger partial charge in [0.15, 0.2) is 0 Å². The summed E-state index contributed by atoms with van der Waals surface area (Å²) in [7, 11) is -0.393. The molecule has 0 saturated carbocycles. The second kappa shape index (κ2) is 5.89. The summed E-state index contributed by atoms with van der Waals surface area (Å²) >= 11 is 6.95. The highest BCUT2D eigenvalue weighted by molar-refractivity contribution is 7.64. The number of allylic oxidation sites excluding steroid dienone is 3. The van der Waals surface area contributed by atoms with Gasteiger partial charge in [0.25, 0.3) is 0 Å². The number of rotatable bonds is 4. The van der Waals surface area contributed by atoms with Crippen molar-refractivity contribution in [1.82, 2.24) is 0 Å². The fraction of sp³-hybridized carbons (Fsp3) is 0.733. The number of halogens is 1. The monoisotopic (exact) mass is 274 g/mol. The van der Waals surface area contributed by atoms with Crippen molar-refractivity contribution >= 4 is 19.5 Å². The first-order valence-corrected chi connectivity index (χ1v) is 7.95. The Balaban J connectivity index is 5.62. The van der Waals surface area contributed by atoms with Crippen molar-refractivity contribution in [3.05, 3.63) is 24.8 Å². The summed E-state index contributed by atoms with van der Waals surface area (Å²) in [5.74, 6) is 0. The second-order valence-electron chi connectivity index (χ2n) is 6.49. The number of hydrogen-bond donors (Lipinski definition) is 0. The summed E-state index contributed by atoms with van der Waals surface area (Å²) in [4.78, 5) is 0. The van der Waals surface area contributed by atoms with Crippen molar-refractivity contribution in [2.24, 2.45) is 0 Å². The normalized spacial score (nSPS) is 17.5. The third-order valence-electron chi connectivity index (χ3n) is 2.57. The first kappa shape index (κ1) is 17.2. The SMILES string of the molecule is C=CCC(Cl)(C=CC)P(C(C)(C)C)C(C)(C)C. The molecule has 0 nitrogen and oxygen atoms in total. The van der Waals surface area contributed by atoms with Crippen LogP contribution < -0.4 is 0 Å². The molecule has 17 heavy (non-hydrogen) atoms. The third kappa shape index (κ3) is 4.76. The van der Waals surface area contributed by atoms with Gasteiger partial charge in [-0.1, -0.05) is 67.7 Å². The van der Waals surface area contributed by atoms with Gasteiger partial charge in [-0.2, -0.15) is 0 Å². The van der Waals surface area contributed by atoms with Crippen LogP contribution in [0, 0.1) is 0 Å². The standard InChI is InChI=1S/C15H28ClP/c1-9-11-15(16,12-10-2)17(13(3,4)5)14(6,7)8/h9-10,12H,1,11H2,2-8H3. The van der Waals surface area contributed by atoms with Gasteiger partial charge in [0.05, 0.1) is 4.62 Å². The molecule has 0 aliphatic heterocycles. The molecular weight excluding hydrogens is 247 g/mol. The Bertz CT molecular complexity index is 266. The average Bonchev–Trinajstić information content (AvgIpc) is 1.97. The summed E-state index contributed by atoms with van der Waals surface area (Å²) in [5, 5.41) is 0.440. The number of alkyl halides is 1. The highest BCUT2D eigenvalue weighted by Gasteiger charge is 2.46. The number of hydrogen-bond acceptors (Lipinski definition) is 0. The van der Waals surface area contributed by atoms with E-state index in [0.717, 1.165) is 6.42 Å². The van der Waals surface area contributed by atoms with Crippen molar-refractivity contribution in [3.63, 3.8) is 0 Å². The van der Waals surface area contributed by atoms with Gasteiger partial charge >= 0.3 is 0 Å². The lowest BCUT2D eigenvalue weighted by atomic mass is 10.2. The van der Waals surface area contributed by atoms with Gasteiger partial charge in [-0.15, -0.1) is 18.2 Å². The predicted octanol–water partition coefficient (Wildman–Crippen LogP) is 6.15. The third-order valence-corrected chi connectivity index (χ3v) is 7.11. The van der Waals surface area contributed by atoms with Crippen molar-refractivity contribution < 1.29 is 0 Å². The van der Waals surface area contributed by atoms with Crippen LogP contribution in [0.15, 0.2) is 24.8 Å². The Hall–Kier alpha value is 0.200. The van der Waals surface area contributed by atoms with Gasteiger partial charge in [-0.25, -0.2) is 0 Å². The molecule has 0 heterocycles. The van der Waals surface area contributed by atoms with Crippen LogP contribution in [0.2, 0.25) is 0 Å². The van der Waals surface area contributed by atoms with Gasteiger partial charge in [0.2, 0.25) is 0 Å². The maximum atomic E-state index is 6.95. The molecule has 0 N–H and O–H groups in total. The molecule has 0 saturated heterocycles. The van der Waals surface area contributed by atoms with Crippen LogP contribution in [0.25, 0.3) is 0 Å². The molecule has 0 spiro atoms. The predicted molar refractivity (Wildman–Crippen MR) is 84.6 cm³/mol. The molecule has 1 atom stereocenters. The second-order valence-corrected chi connectivity index (χ2v) is 11.6. The van der Waals surface area contributed by atoms with E-state index in [2.05, 4.69) is 60.3 Å². The minimum absolute atomic E-state index is 0.220. The van der Waals surface area contributed by atoms with Crippen LogP contribution in [0.5, 0.6) is 0 Å². The Labute approximate surface area is 114 Å². The molecule has 100 valence electrons. The highest BCUT2D eigenvalue weighted by atomic mass is 35.5. The lowest BCUT2D eigenvalue weighted by molar-refractivity contribution is 0.683. The van der Waals surface area contributed by atoms with Crippen molar-refractivity contribution in [2.75, 3.05) is 0 Å². The van der Waals surface area contributed by atoms with Crippen molar-refractivity contribution in [1.29, 1.82) is 0 Å². The lowest BCUT2D eigenvalue weighted by Crippen LogP contribution is -2.35. The van der Waals surface area contributed by atoms with Gasteiger partial charge < -0.3 is 0 Å². The van der Waals surface area contributed by atoms with E-state index in [1.807, 2.05) is 13.0 Å². The van der Waals surface area contributed by atoms with Crippen LogP contribution >= 0.6 is 19.5 Å². The van der Waals surface area contributed by atoms with Gasteiger partial charge in [-0.05, 0) is 23.7 Å². The minimum atomic E-state index is -0.393. The van der Waals surface area contributed by atoms with Crippen LogP contribution in [0.3, 0.4) is 0 Å². The van der Waals surface area contributed by atoms with Gasteiger partial charge in [0.1, 0.15) is 0 Å². The molecule has 0 radical (unpaired) electrons. The van der Waals surface area contributed by atoms with Crippen LogP contribution in [0.1, 0.15) is 54.9 Å². The first-order valence-electron chi connectivity index (χ1n) is 6.23. The zero-order chi connectivity index (χ0) is 13.9. The quantitative estimate of drug-likeness (QED) is 0.327. The zero-order valence-corrected chi connectivity index (χ0v) is 14.1. The molecule has 0 aromatic rings. The molecule has 0 aliphatic carbocycles. The van der Waals surface area contributed by atoms with E-state index in [4.69, 9.17) is 11.6 Å². The summed E-state index contributed by atoms with van der Waals surface area (Å²) in [6, 6.07) is 0. The van der Waals surface area contributed by atoms with E-state index < -0.39 is 7.92 Å². The summed E-state index contributed by atoms with van der Waals surface area (Å²) in [6.07, 6.45) is 7.01. The molecule has 0 aliphatic rings. The van der Waals surface area contributed by atoms with Gasteiger partial charge in [0, 0.05) is 0 Å². The average molecular weight is 275 g/mol. The van der Waals surface area contributed by atoms with E-state index in [0.29, 0.717) is 0 Å². The Morgan fingerprint density at radius 2 is 1.47 bits per heavy atom. The maximum absolute atomic E-state index is 6.95. The molecule has 0 bridgehead atoms. The van der Waals surface area contributed by atoms with Crippen molar-refractivity contribution in [2.45, 2.75) is 69.8 Å². The van der Waals surface area contributed by atoms with E-state index in [1.54, 1.807) is 0 Å². The smallest absolute Gasteiger partial charge is 0.0861 e. The van der Waals surface area contributed by atoms with Crippen LogP contribution in [-0.2, 0) is 0 Å². The first-order chi connectivity index (χ1) is 7.49. The van der Waals surface area contributed by atoms with Crippen LogP contribution in [0.4, 0.5) is 0 Å². The Kier molecular flexibility index (Phi) is 5.96. The van der Waals surface area contributed by atoms with E-state index in [9.17, 15) is 0 Å². The summed E-state index contributed by atoms with van der Waals surface area (Å²) < 4.78 is -0.275. The molecule has 0 amide bonds. The Morgan fingerprint density at radius 1 is 1.06 bits per heavy atom. The molecule has 0 aromatic carbocycles. The maximum Gasteiger partial charge on any atom is 0.0861 e. The Morgan fingerprint density at radius 3 is 1.71 bits per heavy atom. The van der Waals surface area contributed by atoms with Crippen molar-refractivity contribution in [3.8, 4) is 0 Å². The van der Waals surface area contributed by atoms with E-state index >= 15 is 0 Å². The molecule has 0 aromatic heterocycles. The fourth-order valence-electron chi connectivity index (χ4n) is 2.81. The van der Waals surface area contributed by atoms with E-state index in [-0.39, 0.29) is 14.9 Å². The molecular formula is C15H28ClP. The minimum Gasteiger partial charge on any atom is -0.109 e. The summed E-state index contributed by atoms with van der Waals surface area (Å²) in [6.45, 7) is 19.7. The summed E-state index contributed by atoms with van der Waals surface area (Å²) in [5.41, 5.74) is 0. The van der Waals surface area contributed by atoms with E-state index in [1.165, 1.54) is 0 Å². The fourth-order valence-corrected chi connectivity index (χ4v) is 9.42. The zero-order valence-electron chi connectivity index (χ0n) is 12.5. The van der Waals surface area contributed by atoms with Crippen LogP contribution in [-0.4, -0.2) is 14.9 Å². The molecule has 1 unspecified atom stereocenters. The largest absolute Gasteiger partial charge is 0.109 e. The van der Waals surface area contributed by atoms with Gasteiger partial charge in [-0.3, -0.25) is 0 Å². The molecule has 2 heteroatoms. The molecule has 0 rings (SSSR count). The lowest BCUT2D eigenvalue weighted by Gasteiger charge is -2.49. The molecule has 0 fully saturated rings. The highest BCUT2D eigenvalue weighted by Crippen LogP contribution is 2.70.